The maximum absolute atomic E-state index is 5.67. The van der Waals surface area contributed by atoms with E-state index < -0.39 is 0 Å². The second kappa shape index (κ2) is 10.2. The summed E-state index contributed by atoms with van der Waals surface area (Å²) < 4.78 is 15.2. The van der Waals surface area contributed by atoms with Crippen molar-refractivity contribution in [2.24, 2.45) is 0 Å². The van der Waals surface area contributed by atoms with Crippen molar-refractivity contribution < 1.29 is 9.47 Å². The Kier molecular flexibility index (Phi) is 6.65. The Bertz CT molecular complexity index is 1250. The van der Waals surface area contributed by atoms with Crippen molar-refractivity contribution in [2.75, 3.05) is 14.2 Å². The Labute approximate surface area is 204 Å². The van der Waals surface area contributed by atoms with Gasteiger partial charge in [-0.25, -0.2) is 0 Å². The molecule has 0 bridgehead atoms. The Balaban J connectivity index is 1.47. The zero-order valence-corrected chi connectivity index (χ0v) is 20.4. The second-order valence-corrected chi connectivity index (χ2v) is 9.13. The minimum absolute atomic E-state index is 0.676. The molecule has 0 atom stereocenters. The van der Waals surface area contributed by atoms with Crippen LogP contribution in [0.2, 0.25) is 0 Å². The third-order valence-electron chi connectivity index (χ3n) is 5.43. The first kappa shape index (κ1) is 22.3. The summed E-state index contributed by atoms with van der Waals surface area (Å²) in [5.41, 5.74) is 6.81. The molecule has 0 radical (unpaired) electrons. The van der Waals surface area contributed by atoms with E-state index in [2.05, 4.69) is 52.6 Å². The number of benzene rings is 1. The highest BCUT2D eigenvalue weighted by Gasteiger charge is 2.17. The molecule has 0 amide bonds. The number of hydrogen-bond acceptors (Lipinski definition) is 9. The molecule has 0 N–H and O–H groups in total. The minimum Gasteiger partial charge on any atom is -0.497 e. The summed E-state index contributed by atoms with van der Waals surface area (Å²) in [6.45, 7) is 2.07. The fraction of sp³-hybridized carbons (Fsp3) is 0.217. The quantitative estimate of drug-likeness (QED) is 0.288. The van der Waals surface area contributed by atoms with Crippen molar-refractivity contribution >= 4 is 22.7 Å². The fourth-order valence-corrected chi connectivity index (χ4v) is 5.01. The Morgan fingerprint density at radius 3 is 1.91 bits per heavy atom. The van der Waals surface area contributed by atoms with Gasteiger partial charge in [0.15, 0.2) is 0 Å². The summed E-state index contributed by atoms with van der Waals surface area (Å²) in [5.74, 6) is 1.56. The normalized spacial score (nSPS) is 11.3. The number of hydrogen-bond donors (Lipinski definition) is 0. The van der Waals surface area contributed by atoms with Crippen LogP contribution in [-0.2, 0) is 19.6 Å². The van der Waals surface area contributed by atoms with Crippen LogP contribution < -0.4 is 9.47 Å². The lowest BCUT2D eigenvalue weighted by atomic mass is 10.1. The first-order valence-corrected chi connectivity index (χ1v) is 12.3. The molecule has 174 valence electrons. The summed E-state index contributed by atoms with van der Waals surface area (Å²) in [4.78, 5) is 2.37. The van der Waals surface area contributed by atoms with E-state index in [9.17, 15) is 0 Å². The number of methoxy groups -OCH3 is 2. The van der Waals surface area contributed by atoms with Gasteiger partial charge in [0.05, 0.1) is 14.2 Å². The Morgan fingerprint density at radius 1 is 0.794 bits per heavy atom. The number of nitrogens with zero attached hydrogens (tertiary/aromatic N) is 7. The molecular weight excluding hydrogens is 470 g/mol. The zero-order valence-electron chi connectivity index (χ0n) is 18.7. The van der Waals surface area contributed by atoms with Crippen LogP contribution in [0.5, 0.6) is 11.5 Å². The SMILES string of the molecule is COc1ccc(CN(Cc2cccn2-c2nncs2)Cc2cccn2-c2nncs2)c(OC)c1. The van der Waals surface area contributed by atoms with Gasteiger partial charge in [-0.1, -0.05) is 28.7 Å². The van der Waals surface area contributed by atoms with Crippen LogP contribution in [0.3, 0.4) is 0 Å². The highest BCUT2D eigenvalue weighted by atomic mass is 32.1. The largest absolute Gasteiger partial charge is 0.497 e. The van der Waals surface area contributed by atoms with Gasteiger partial charge in [0.1, 0.15) is 22.5 Å². The van der Waals surface area contributed by atoms with Gasteiger partial charge >= 0.3 is 0 Å². The smallest absolute Gasteiger partial charge is 0.216 e. The van der Waals surface area contributed by atoms with Gasteiger partial charge in [-0.05, 0) is 30.3 Å². The van der Waals surface area contributed by atoms with E-state index in [1.807, 2.05) is 36.7 Å². The molecule has 9 nitrogen and oxygen atoms in total. The van der Waals surface area contributed by atoms with E-state index in [0.717, 1.165) is 38.7 Å². The molecule has 0 spiro atoms. The van der Waals surface area contributed by atoms with Crippen LogP contribution in [0.25, 0.3) is 10.3 Å². The van der Waals surface area contributed by atoms with Gasteiger partial charge < -0.3 is 9.47 Å². The molecule has 0 aliphatic carbocycles. The van der Waals surface area contributed by atoms with Crippen LogP contribution in [0.15, 0.2) is 65.9 Å². The summed E-state index contributed by atoms with van der Waals surface area (Å²) in [5, 5.41) is 18.2. The van der Waals surface area contributed by atoms with E-state index in [0.29, 0.717) is 19.6 Å². The second-order valence-electron chi connectivity index (χ2n) is 7.50. The number of aromatic nitrogens is 6. The van der Waals surface area contributed by atoms with Gasteiger partial charge in [-0.15, -0.1) is 20.4 Å². The van der Waals surface area contributed by atoms with Crippen molar-refractivity contribution in [2.45, 2.75) is 19.6 Å². The van der Waals surface area contributed by atoms with E-state index in [1.165, 1.54) is 22.7 Å². The third-order valence-corrected chi connectivity index (χ3v) is 6.81. The molecule has 5 aromatic rings. The lowest BCUT2D eigenvalue weighted by Crippen LogP contribution is -2.25. The maximum Gasteiger partial charge on any atom is 0.216 e. The summed E-state index contributed by atoms with van der Waals surface area (Å²) in [6, 6.07) is 14.2. The van der Waals surface area contributed by atoms with Gasteiger partial charge in [0, 0.05) is 55.0 Å². The Morgan fingerprint density at radius 2 is 1.41 bits per heavy atom. The molecule has 5 rings (SSSR count). The standard InChI is InChI=1S/C23H23N7O2S2/c1-31-20-8-7-17(21(11-20)32-2)12-28(13-18-5-3-9-29(18)22-26-24-15-33-22)14-19-6-4-10-30(19)23-27-25-16-34-23/h3-11,15-16H,12-14H2,1-2H3. The predicted molar refractivity (Wildman–Crippen MR) is 131 cm³/mol. The average Bonchev–Trinajstić information content (AvgIpc) is 3.66. The molecule has 0 aliphatic heterocycles. The summed E-state index contributed by atoms with van der Waals surface area (Å²) in [7, 11) is 3.34. The van der Waals surface area contributed by atoms with Gasteiger partial charge in [-0.3, -0.25) is 14.0 Å². The highest BCUT2D eigenvalue weighted by molar-refractivity contribution is 7.12. The predicted octanol–water partition coefficient (Wildman–Crippen LogP) is 4.19. The van der Waals surface area contributed by atoms with Crippen LogP contribution in [0.1, 0.15) is 17.0 Å². The average molecular weight is 494 g/mol. The molecule has 4 aromatic heterocycles. The van der Waals surface area contributed by atoms with Crippen LogP contribution >= 0.6 is 22.7 Å². The molecule has 0 saturated carbocycles. The lowest BCUT2D eigenvalue weighted by molar-refractivity contribution is 0.235. The monoisotopic (exact) mass is 493 g/mol. The molecule has 0 saturated heterocycles. The van der Waals surface area contributed by atoms with Crippen LogP contribution in [0.4, 0.5) is 0 Å². The molecule has 1 aromatic carbocycles. The molecular formula is C23H23N7O2S2. The van der Waals surface area contributed by atoms with Crippen molar-refractivity contribution in [3.05, 3.63) is 82.8 Å². The van der Waals surface area contributed by atoms with Crippen molar-refractivity contribution in [3.8, 4) is 21.8 Å². The van der Waals surface area contributed by atoms with Crippen molar-refractivity contribution in [1.82, 2.24) is 34.4 Å². The molecule has 0 fully saturated rings. The summed E-state index contributed by atoms with van der Waals surface area (Å²) >= 11 is 3.02. The number of rotatable bonds is 10. The first-order valence-electron chi connectivity index (χ1n) is 10.5. The zero-order chi connectivity index (χ0) is 23.3. The van der Waals surface area contributed by atoms with E-state index in [4.69, 9.17) is 9.47 Å². The minimum atomic E-state index is 0.676. The van der Waals surface area contributed by atoms with E-state index >= 15 is 0 Å². The van der Waals surface area contributed by atoms with Crippen LogP contribution in [-0.4, -0.2) is 48.6 Å². The lowest BCUT2D eigenvalue weighted by Gasteiger charge is -2.24. The highest BCUT2D eigenvalue weighted by Crippen LogP contribution is 2.28. The maximum atomic E-state index is 5.67. The molecule has 0 unspecified atom stereocenters. The molecule has 0 aliphatic rings. The summed E-state index contributed by atoms with van der Waals surface area (Å²) in [6.07, 6.45) is 4.04. The number of ether oxygens (including phenoxy) is 2. The molecule has 4 heterocycles. The van der Waals surface area contributed by atoms with Crippen molar-refractivity contribution in [1.29, 1.82) is 0 Å². The van der Waals surface area contributed by atoms with Gasteiger partial charge in [0.25, 0.3) is 0 Å². The van der Waals surface area contributed by atoms with Crippen LogP contribution in [0, 0.1) is 0 Å². The van der Waals surface area contributed by atoms with Gasteiger partial charge in [0.2, 0.25) is 10.3 Å². The van der Waals surface area contributed by atoms with Gasteiger partial charge in [-0.2, -0.15) is 0 Å². The molecule has 34 heavy (non-hydrogen) atoms. The fourth-order valence-electron chi connectivity index (χ4n) is 3.86. The topological polar surface area (TPSA) is 83.1 Å². The first-order chi connectivity index (χ1) is 16.7. The van der Waals surface area contributed by atoms with E-state index in [1.54, 1.807) is 25.2 Å². The third kappa shape index (κ3) is 4.72. The van der Waals surface area contributed by atoms with Crippen molar-refractivity contribution in [3.63, 3.8) is 0 Å². The molecule has 11 heteroatoms. The van der Waals surface area contributed by atoms with E-state index in [-0.39, 0.29) is 0 Å². The Hall–Kier alpha value is -3.54.